The highest BCUT2D eigenvalue weighted by molar-refractivity contribution is 5.81. The summed E-state index contributed by atoms with van der Waals surface area (Å²) >= 11 is 0. The first-order valence-electron chi connectivity index (χ1n) is 6.60. The van der Waals surface area contributed by atoms with Gasteiger partial charge in [-0.3, -0.25) is 0 Å². The lowest BCUT2D eigenvalue weighted by Gasteiger charge is -2.41. The summed E-state index contributed by atoms with van der Waals surface area (Å²) in [7, 11) is 0. The van der Waals surface area contributed by atoms with Crippen molar-refractivity contribution in [2.24, 2.45) is 16.7 Å². The minimum absolute atomic E-state index is 0.0135. The van der Waals surface area contributed by atoms with Crippen molar-refractivity contribution in [1.29, 1.82) is 0 Å². The summed E-state index contributed by atoms with van der Waals surface area (Å²) in [6.45, 7) is 14.7. The number of hydrogen-bond acceptors (Lipinski definition) is 2. The molecule has 2 nitrogen and oxygen atoms in total. The predicted molar refractivity (Wildman–Crippen MR) is 70.7 cm³/mol. The van der Waals surface area contributed by atoms with Crippen LogP contribution in [0.2, 0.25) is 0 Å². The van der Waals surface area contributed by atoms with Gasteiger partial charge in [0, 0.05) is 11.5 Å². The minimum atomic E-state index is -0.295. The van der Waals surface area contributed by atoms with Crippen LogP contribution in [-0.4, -0.2) is 12.1 Å². The molecule has 0 aliphatic heterocycles. The maximum Gasteiger partial charge on any atom is 0.330 e. The number of carbonyl (C=O) groups excluding carboxylic acids is 1. The van der Waals surface area contributed by atoms with Gasteiger partial charge >= 0.3 is 5.97 Å². The van der Waals surface area contributed by atoms with Gasteiger partial charge in [-0.05, 0) is 17.8 Å². The van der Waals surface area contributed by atoms with Crippen LogP contribution in [0.4, 0.5) is 0 Å². The van der Waals surface area contributed by atoms with Crippen LogP contribution in [0, 0.1) is 16.7 Å². The molecule has 1 fully saturated rings. The van der Waals surface area contributed by atoms with E-state index in [1.165, 1.54) is 18.9 Å². The fraction of sp³-hybridized carbons (Fsp3) is 0.800. The summed E-state index contributed by atoms with van der Waals surface area (Å²) in [5.74, 6) is 0.334. The highest BCUT2D eigenvalue weighted by Crippen LogP contribution is 2.58. The lowest BCUT2D eigenvalue weighted by Crippen LogP contribution is -2.38. The Bertz CT molecular complexity index is 302. The van der Waals surface area contributed by atoms with Gasteiger partial charge in [0.05, 0.1) is 0 Å². The number of rotatable bonds is 4. The number of esters is 1. The fourth-order valence-corrected chi connectivity index (χ4v) is 3.00. The molecule has 98 valence electrons. The maximum atomic E-state index is 11.4. The zero-order chi connectivity index (χ0) is 13.3. The van der Waals surface area contributed by atoms with Crippen molar-refractivity contribution < 1.29 is 9.53 Å². The number of hydrogen-bond donors (Lipinski definition) is 0. The molecule has 1 aliphatic rings. The molecule has 2 unspecified atom stereocenters. The Morgan fingerprint density at radius 1 is 1.35 bits per heavy atom. The first kappa shape index (κ1) is 14.3. The Morgan fingerprint density at radius 2 is 1.94 bits per heavy atom. The molecule has 2 atom stereocenters. The van der Waals surface area contributed by atoms with E-state index in [0.29, 0.717) is 5.92 Å². The van der Waals surface area contributed by atoms with Crippen LogP contribution in [-0.2, 0) is 9.53 Å². The average molecular weight is 238 g/mol. The van der Waals surface area contributed by atoms with Crippen molar-refractivity contribution >= 4 is 5.97 Å². The molecule has 0 amide bonds. The predicted octanol–water partition coefficient (Wildman–Crippen LogP) is 3.96. The fourth-order valence-electron chi connectivity index (χ4n) is 3.00. The van der Waals surface area contributed by atoms with Crippen LogP contribution in [0.25, 0.3) is 0 Å². The van der Waals surface area contributed by atoms with E-state index in [9.17, 15) is 4.79 Å². The summed E-state index contributed by atoms with van der Waals surface area (Å²) in [5, 5.41) is 0. The first-order chi connectivity index (χ1) is 7.77. The van der Waals surface area contributed by atoms with Crippen LogP contribution in [0.1, 0.15) is 53.9 Å². The highest BCUT2D eigenvalue weighted by Gasteiger charge is 2.55. The van der Waals surface area contributed by atoms with Gasteiger partial charge in [0.25, 0.3) is 0 Å². The molecule has 0 radical (unpaired) electrons. The topological polar surface area (TPSA) is 26.3 Å². The second-order valence-electron chi connectivity index (χ2n) is 6.29. The molecule has 0 saturated heterocycles. The van der Waals surface area contributed by atoms with Crippen LogP contribution >= 0.6 is 0 Å². The van der Waals surface area contributed by atoms with Crippen molar-refractivity contribution in [2.75, 3.05) is 0 Å². The average Bonchev–Trinajstić information content (AvgIpc) is 2.40. The molecule has 1 aliphatic carbocycles. The maximum absolute atomic E-state index is 11.4. The van der Waals surface area contributed by atoms with Crippen molar-refractivity contribution in [1.82, 2.24) is 0 Å². The van der Waals surface area contributed by atoms with Gasteiger partial charge < -0.3 is 4.74 Å². The SMILES string of the molecule is C=CC(=O)OC1CC(CCC)C(C)(C)C1(C)C. The Morgan fingerprint density at radius 3 is 2.41 bits per heavy atom. The second-order valence-corrected chi connectivity index (χ2v) is 6.29. The van der Waals surface area contributed by atoms with Crippen molar-refractivity contribution in [3.63, 3.8) is 0 Å². The third-order valence-electron chi connectivity index (χ3n) is 5.05. The zero-order valence-electron chi connectivity index (χ0n) is 11.9. The molecule has 17 heavy (non-hydrogen) atoms. The molecule has 2 heteroatoms. The molecule has 1 saturated carbocycles. The molecule has 0 bridgehead atoms. The number of ether oxygens (including phenoxy) is 1. The van der Waals surface area contributed by atoms with Gasteiger partial charge in [-0.2, -0.15) is 0 Å². The molecular weight excluding hydrogens is 212 g/mol. The number of carbonyl (C=O) groups is 1. The van der Waals surface area contributed by atoms with E-state index in [4.69, 9.17) is 4.74 Å². The lowest BCUT2D eigenvalue weighted by molar-refractivity contribution is -0.149. The normalized spacial score (nSPS) is 29.9. The summed E-state index contributed by atoms with van der Waals surface area (Å²) in [4.78, 5) is 11.4. The van der Waals surface area contributed by atoms with Crippen LogP contribution in [0.5, 0.6) is 0 Å². The van der Waals surface area contributed by atoms with E-state index >= 15 is 0 Å². The lowest BCUT2D eigenvalue weighted by atomic mass is 9.65. The minimum Gasteiger partial charge on any atom is -0.459 e. The van der Waals surface area contributed by atoms with E-state index in [-0.39, 0.29) is 22.9 Å². The summed E-state index contributed by atoms with van der Waals surface area (Å²) in [6.07, 6.45) is 4.65. The molecule has 0 aromatic carbocycles. The monoisotopic (exact) mass is 238 g/mol. The second kappa shape index (κ2) is 4.83. The first-order valence-corrected chi connectivity index (χ1v) is 6.60. The summed E-state index contributed by atoms with van der Waals surface area (Å²) in [5.41, 5.74) is 0.223. The Labute approximate surface area is 105 Å². The molecule has 0 heterocycles. The van der Waals surface area contributed by atoms with Gasteiger partial charge in [-0.1, -0.05) is 54.0 Å². The van der Waals surface area contributed by atoms with Gasteiger partial charge in [0.1, 0.15) is 6.10 Å². The van der Waals surface area contributed by atoms with E-state index in [1.807, 2.05) is 0 Å². The van der Waals surface area contributed by atoms with Crippen LogP contribution in [0.3, 0.4) is 0 Å². The van der Waals surface area contributed by atoms with Gasteiger partial charge in [-0.25, -0.2) is 4.79 Å². The van der Waals surface area contributed by atoms with E-state index < -0.39 is 0 Å². The molecular formula is C15H26O2. The van der Waals surface area contributed by atoms with Gasteiger partial charge in [-0.15, -0.1) is 0 Å². The van der Waals surface area contributed by atoms with E-state index in [2.05, 4.69) is 41.2 Å². The molecule has 0 aromatic rings. The Balaban J connectivity index is 2.88. The van der Waals surface area contributed by atoms with E-state index in [1.54, 1.807) is 0 Å². The molecule has 0 aromatic heterocycles. The summed E-state index contributed by atoms with van der Waals surface area (Å²) < 4.78 is 5.53. The van der Waals surface area contributed by atoms with E-state index in [0.717, 1.165) is 6.42 Å². The molecule has 0 N–H and O–H groups in total. The third-order valence-corrected chi connectivity index (χ3v) is 5.05. The molecule has 0 spiro atoms. The largest absolute Gasteiger partial charge is 0.459 e. The van der Waals surface area contributed by atoms with Crippen molar-refractivity contribution in [3.8, 4) is 0 Å². The van der Waals surface area contributed by atoms with Crippen LogP contribution < -0.4 is 0 Å². The van der Waals surface area contributed by atoms with Crippen LogP contribution in [0.15, 0.2) is 12.7 Å². The third kappa shape index (κ3) is 2.41. The smallest absolute Gasteiger partial charge is 0.330 e. The zero-order valence-corrected chi connectivity index (χ0v) is 11.9. The Kier molecular flexibility index (Phi) is 4.06. The van der Waals surface area contributed by atoms with Gasteiger partial charge in [0.15, 0.2) is 0 Å². The summed E-state index contributed by atoms with van der Waals surface area (Å²) in [6, 6.07) is 0. The quantitative estimate of drug-likeness (QED) is 0.547. The van der Waals surface area contributed by atoms with Gasteiger partial charge in [0.2, 0.25) is 0 Å². The standard InChI is InChI=1S/C15H26O2/c1-7-9-11-10-12(17-13(16)8-2)15(5,6)14(11,3)4/h8,11-12H,2,7,9-10H2,1,3-6H3. The van der Waals surface area contributed by atoms with Crippen molar-refractivity contribution in [3.05, 3.63) is 12.7 Å². The highest BCUT2D eigenvalue weighted by atomic mass is 16.5. The van der Waals surface area contributed by atoms with Crippen molar-refractivity contribution in [2.45, 2.75) is 60.0 Å². The Hall–Kier alpha value is -0.790. The molecule has 1 rings (SSSR count).